The van der Waals surface area contributed by atoms with Gasteiger partial charge < -0.3 is 9.30 Å². The Morgan fingerprint density at radius 3 is 2.14 bits per heavy atom. The van der Waals surface area contributed by atoms with E-state index in [0.717, 1.165) is 27.8 Å². The molecule has 0 radical (unpaired) electrons. The smallest absolute Gasteiger partial charge is 0.502 e. The predicted molar refractivity (Wildman–Crippen MR) is 160 cm³/mol. The second-order valence-electron chi connectivity index (χ2n) is 10.1. The van der Waals surface area contributed by atoms with Gasteiger partial charge in [-0.15, -0.1) is 30.0 Å². The van der Waals surface area contributed by atoms with Crippen molar-refractivity contribution in [2.45, 2.75) is 5.41 Å². The Hall–Kier alpha value is -4.79. The van der Waals surface area contributed by atoms with E-state index in [-0.39, 0.29) is 21.1 Å². The zero-order valence-corrected chi connectivity index (χ0v) is 24.6. The first-order valence-corrected chi connectivity index (χ1v) is 13.6. The van der Waals surface area contributed by atoms with Crippen LogP contribution < -0.4 is 4.74 Å². The second-order valence-corrected chi connectivity index (χ2v) is 10.1. The number of benzene rings is 4. The van der Waals surface area contributed by atoms with E-state index in [2.05, 4.69) is 90.0 Å². The molecule has 202 valence electrons. The van der Waals surface area contributed by atoms with Crippen LogP contribution in [0.3, 0.4) is 0 Å². The molecular formula is C37H23N3OPt. The molecule has 0 saturated heterocycles. The summed E-state index contributed by atoms with van der Waals surface area (Å²) in [5.74, 6) is 2.01. The van der Waals surface area contributed by atoms with E-state index in [1.807, 2.05) is 71.7 Å². The van der Waals surface area contributed by atoms with Gasteiger partial charge >= 0.3 is 21.1 Å². The van der Waals surface area contributed by atoms with Crippen molar-refractivity contribution in [1.82, 2.24) is 14.5 Å². The van der Waals surface area contributed by atoms with E-state index in [1.165, 1.54) is 22.3 Å². The number of pyridine rings is 2. The van der Waals surface area contributed by atoms with Gasteiger partial charge in [-0.25, -0.2) is 0 Å². The molecule has 0 atom stereocenters. The Labute approximate surface area is 258 Å². The minimum atomic E-state index is -0.629. The zero-order valence-electron chi connectivity index (χ0n) is 22.3. The zero-order chi connectivity index (χ0) is 27.2. The summed E-state index contributed by atoms with van der Waals surface area (Å²) in [7, 11) is 0. The van der Waals surface area contributed by atoms with Crippen molar-refractivity contribution in [1.29, 1.82) is 0 Å². The summed E-state index contributed by atoms with van der Waals surface area (Å²) in [4.78, 5) is 9.52. The van der Waals surface area contributed by atoms with Crippen molar-refractivity contribution in [3.63, 3.8) is 0 Å². The van der Waals surface area contributed by atoms with Crippen molar-refractivity contribution in [3.05, 3.63) is 175 Å². The Bertz CT molecular complexity index is 2000. The minimum absolute atomic E-state index is 0. The number of hydrogen-bond acceptors (Lipinski definition) is 3. The van der Waals surface area contributed by atoms with Crippen LogP contribution in [0.1, 0.15) is 22.4 Å². The van der Waals surface area contributed by atoms with E-state index >= 15 is 0 Å². The van der Waals surface area contributed by atoms with Crippen LogP contribution in [0.25, 0.3) is 27.7 Å². The molecule has 0 fully saturated rings. The van der Waals surface area contributed by atoms with Crippen LogP contribution in [0.4, 0.5) is 0 Å². The molecule has 8 rings (SSSR count). The monoisotopic (exact) mass is 720 g/mol. The number of hydrogen-bond donors (Lipinski definition) is 0. The standard InChI is InChI=1S/C37H23N3O.Pt/c1-2-13-30-26(10-1)19-22-39-36(30)40-23-20-29(25-40)41-28-12-9-11-27(24-28)37(35-18-7-8-21-38-35)33-16-5-3-14-31(33)32-15-4-6-17-34(32)37;/h1-23H;/q-2;+2. The molecule has 0 spiro atoms. The molecule has 0 N–H and O–H groups in total. The first-order valence-electron chi connectivity index (χ1n) is 13.6. The summed E-state index contributed by atoms with van der Waals surface area (Å²) < 4.78 is 8.24. The number of ether oxygens (including phenoxy) is 1. The van der Waals surface area contributed by atoms with Gasteiger partial charge in [-0.2, -0.15) is 12.1 Å². The quantitative estimate of drug-likeness (QED) is 0.169. The number of rotatable bonds is 5. The molecule has 0 aliphatic heterocycles. The van der Waals surface area contributed by atoms with Crippen molar-refractivity contribution in [2.24, 2.45) is 0 Å². The minimum Gasteiger partial charge on any atom is -0.502 e. The SMILES string of the molecule is [Pt+2].[c-]1c(Oc2[c-]n(-c3nccc4ccccc34)cc2)cccc1C1(c2ccccn2)c2ccccc2-c2ccccc21. The first kappa shape index (κ1) is 26.1. The van der Waals surface area contributed by atoms with Gasteiger partial charge in [0.25, 0.3) is 0 Å². The average Bonchev–Trinajstić information content (AvgIpc) is 3.62. The Balaban J connectivity index is 0.00000288. The summed E-state index contributed by atoms with van der Waals surface area (Å²) in [5.41, 5.74) is 6.09. The van der Waals surface area contributed by atoms with Gasteiger partial charge in [-0.05, 0) is 57.4 Å². The number of nitrogens with zero attached hydrogens (tertiary/aromatic N) is 3. The Morgan fingerprint density at radius 1 is 0.619 bits per heavy atom. The maximum Gasteiger partial charge on any atom is 2.00 e. The largest absolute Gasteiger partial charge is 2.00 e. The molecule has 0 amide bonds. The Morgan fingerprint density at radius 2 is 1.36 bits per heavy atom. The molecule has 1 aliphatic carbocycles. The van der Waals surface area contributed by atoms with E-state index in [0.29, 0.717) is 11.5 Å². The topological polar surface area (TPSA) is 39.9 Å². The van der Waals surface area contributed by atoms with Gasteiger partial charge in [-0.3, -0.25) is 9.97 Å². The van der Waals surface area contributed by atoms with Gasteiger partial charge in [-0.1, -0.05) is 78.9 Å². The van der Waals surface area contributed by atoms with Crippen molar-refractivity contribution >= 4 is 10.8 Å². The van der Waals surface area contributed by atoms with Crippen LogP contribution in [0.2, 0.25) is 0 Å². The molecule has 4 aromatic carbocycles. The normalized spacial score (nSPS) is 12.8. The summed E-state index contributed by atoms with van der Waals surface area (Å²) in [6.07, 6.45) is 8.93. The molecule has 7 aromatic rings. The van der Waals surface area contributed by atoms with Crippen LogP contribution in [0.5, 0.6) is 11.5 Å². The van der Waals surface area contributed by atoms with Gasteiger partial charge in [0.05, 0.1) is 22.7 Å². The molecule has 0 bridgehead atoms. The fraction of sp³-hybridized carbons (Fsp3) is 0.0270. The molecule has 3 heterocycles. The third-order valence-electron chi connectivity index (χ3n) is 7.88. The van der Waals surface area contributed by atoms with E-state index < -0.39 is 5.41 Å². The van der Waals surface area contributed by atoms with E-state index in [9.17, 15) is 0 Å². The fourth-order valence-electron chi connectivity index (χ4n) is 6.18. The van der Waals surface area contributed by atoms with Crippen LogP contribution in [-0.2, 0) is 26.5 Å². The van der Waals surface area contributed by atoms with Crippen LogP contribution >= 0.6 is 0 Å². The van der Waals surface area contributed by atoms with E-state index in [1.54, 1.807) is 0 Å². The van der Waals surface area contributed by atoms with Gasteiger partial charge in [0, 0.05) is 18.1 Å². The Kier molecular flexibility index (Phi) is 6.57. The summed E-state index contributed by atoms with van der Waals surface area (Å²) >= 11 is 0. The molecule has 0 unspecified atom stereocenters. The van der Waals surface area contributed by atoms with Gasteiger partial charge in [0.2, 0.25) is 0 Å². The molecule has 4 nitrogen and oxygen atoms in total. The van der Waals surface area contributed by atoms with Crippen LogP contribution in [0.15, 0.2) is 140 Å². The fourth-order valence-corrected chi connectivity index (χ4v) is 6.18. The third kappa shape index (κ3) is 4.02. The summed E-state index contributed by atoms with van der Waals surface area (Å²) in [6.45, 7) is 0. The first-order chi connectivity index (χ1) is 20.3. The molecule has 42 heavy (non-hydrogen) atoms. The molecular weight excluding hydrogens is 698 g/mol. The summed E-state index contributed by atoms with van der Waals surface area (Å²) in [5, 5.41) is 2.18. The molecule has 3 aromatic heterocycles. The number of aromatic nitrogens is 3. The molecule has 1 aliphatic rings. The predicted octanol–water partition coefficient (Wildman–Crippen LogP) is 8.17. The van der Waals surface area contributed by atoms with Crippen molar-refractivity contribution in [3.8, 4) is 28.4 Å². The van der Waals surface area contributed by atoms with Crippen LogP contribution in [-0.4, -0.2) is 14.5 Å². The number of fused-ring (bicyclic) bond motifs is 4. The average molecular weight is 721 g/mol. The maximum atomic E-state index is 6.37. The summed E-state index contributed by atoms with van der Waals surface area (Å²) in [6, 6.07) is 45.1. The van der Waals surface area contributed by atoms with E-state index in [4.69, 9.17) is 9.72 Å². The van der Waals surface area contributed by atoms with Crippen molar-refractivity contribution in [2.75, 3.05) is 0 Å². The van der Waals surface area contributed by atoms with Crippen LogP contribution in [0, 0.1) is 12.3 Å². The third-order valence-corrected chi connectivity index (χ3v) is 7.88. The molecule has 5 heteroatoms. The van der Waals surface area contributed by atoms with Crippen molar-refractivity contribution < 1.29 is 25.8 Å². The maximum absolute atomic E-state index is 6.37. The molecule has 0 saturated carbocycles. The second kappa shape index (κ2) is 10.6. The van der Waals surface area contributed by atoms with Gasteiger partial charge in [0.15, 0.2) is 0 Å². The van der Waals surface area contributed by atoms with Gasteiger partial charge in [0.1, 0.15) is 0 Å².